The van der Waals surface area contributed by atoms with Crippen molar-refractivity contribution in [3.8, 4) is 0 Å². The molecule has 2 aliphatic rings. The van der Waals surface area contributed by atoms with Gasteiger partial charge in [-0.15, -0.1) is 0 Å². The van der Waals surface area contributed by atoms with Crippen molar-refractivity contribution in [1.29, 1.82) is 0 Å². The highest BCUT2D eigenvalue weighted by Crippen LogP contribution is 2.25. The van der Waals surface area contributed by atoms with Crippen LogP contribution in [0.25, 0.3) is 0 Å². The van der Waals surface area contributed by atoms with Crippen molar-refractivity contribution in [2.24, 2.45) is 0 Å². The number of ether oxygens (including phenoxy) is 2. The Kier molecular flexibility index (Phi) is 10.1. The first-order valence-electron chi connectivity index (χ1n) is 9.74. The molecule has 168 valence electrons. The van der Waals surface area contributed by atoms with Gasteiger partial charge >= 0.3 is 0 Å². The first kappa shape index (κ1) is 24.4. The molecule has 0 bridgehead atoms. The lowest BCUT2D eigenvalue weighted by atomic mass is 9.97. The molecule has 2 aliphatic heterocycles. The number of aliphatic hydroxyl groups is 3. The molecule has 0 saturated carbocycles. The summed E-state index contributed by atoms with van der Waals surface area (Å²) < 4.78 is 16.3. The number of carbonyl (C=O) groups excluding carboxylic acids is 2. The van der Waals surface area contributed by atoms with Crippen LogP contribution < -0.4 is 5.32 Å². The highest BCUT2D eigenvalue weighted by Gasteiger charge is 2.45. The fourth-order valence-electron chi connectivity index (χ4n) is 3.54. The lowest BCUT2D eigenvalue weighted by molar-refractivity contribution is -0.270. The van der Waals surface area contributed by atoms with Gasteiger partial charge in [0.05, 0.1) is 6.61 Å². The molecule has 7 atom stereocenters. The Balaban J connectivity index is 1.77. The quantitative estimate of drug-likeness (QED) is 0.204. The number of carbonyl (C=O) groups is 2. The van der Waals surface area contributed by atoms with Crippen LogP contribution in [0.4, 0.5) is 0 Å². The molecule has 7 unspecified atom stereocenters. The van der Waals surface area contributed by atoms with Crippen LogP contribution in [0.2, 0.25) is 0 Å². The Morgan fingerprint density at radius 3 is 2.69 bits per heavy atom. The van der Waals surface area contributed by atoms with Crippen molar-refractivity contribution in [2.75, 3.05) is 19.8 Å². The number of aliphatic hydroxyl groups excluding tert-OH is 3. The van der Waals surface area contributed by atoms with Crippen LogP contribution in [-0.2, 0) is 23.6 Å². The van der Waals surface area contributed by atoms with Crippen LogP contribution in [0.5, 0.6) is 0 Å². The van der Waals surface area contributed by atoms with E-state index in [1.165, 1.54) is 6.92 Å². The van der Waals surface area contributed by atoms with Crippen molar-refractivity contribution in [3.05, 3.63) is 0 Å². The zero-order chi connectivity index (χ0) is 21.4. The van der Waals surface area contributed by atoms with Gasteiger partial charge in [0, 0.05) is 26.5 Å². The van der Waals surface area contributed by atoms with Crippen LogP contribution >= 0.6 is 9.03 Å². The maximum atomic E-state index is 12.3. The zero-order valence-corrected chi connectivity index (χ0v) is 17.4. The van der Waals surface area contributed by atoms with Gasteiger partial charge in [-0.2, -0.15) is 0 Å². The number of amides is 2. The number of likely N-dealkylation sites (tertiary alicyclic amines) is 1. The van der Waals surface area contributed by atoms with Crippen LogP contribution in [0.15, 0.2) is 0 Å². The number of nitrogens with zero attached hydrogens (tertiary/aromatic N) is 1. The van der Waals surface area contributed by atoms with Gasteiger partial charge in [-0.3, -0.25) is 9.59 Å². The van der Waals surface area contributed by atoms with Gasteiger partial charge in [0.2, 0.25) is 11.8 Å². The maximum absolute atomic E-state index is 12.3. The van der Waals surface area contributed by atoms with Crippen LogP contribution in [-0.4, -0.2) is 93.6 Å². The Labute approximate surface area is 171 Å². The maximum Gasteiger partial charge on any atom is 0.224 e. The van der Waals surface area contributed by atoms with Crippen molar-refractivity contribution in [2.45, 2.75) is 75.9 Å². The summed E-state index contributed by atoms with van der Waals surface area (Å²) in [5.41, 5.74) is 0. The monoisotopic (exact) mass is 438 g/mol. The Hall–Kier alpha value is -0.910. The normalized spacial score (nSPS) is 32.8. The smallest absolute Gasteiger partial charge is 0.224 e. The molecule has 11 nitrogen and oxygen atoms in total. The highest BCUT2D eigenvalue weighted by molar-refractivity contribution is 7.25. The fraction of sp³-hybridized carbons (Fsp3) is 0.882. The Bertz CT molecular complexity index is 541. The van der Waals surface area contributed by atoms with E-state index < -0.39 is 52.2 Å². The minimum Gasteiger partial charge on any atom is -0.394 e. The molecule has 12 heteroatoms. The molecule has 0 radical (unpaired) electrons. The van der Waals surface area contributed by atoms with Gasteiger partial charge in [0.25, 0.3) is 0 Å². The predicted octanol–water partition coefficient (Wildman–Crippen LogP) is -1.42. The van der Waals surface area contributed by atoms with Crippen LogP contribution in [0.1, 0.15) is 39.0 Å². The molecular formula is C17H31N2O9P. The van der Waals surface area contributed by atoms with E-state index in [-0.39, 0.29) is 18.7 Å². The molecular weight excluding hydrogens is 407 g/mol. The second kappa shape index (κ2) is 12.1. The van der Waals surface area contributed by atoms with E-state index in [9.17, 15) is 24.9 Å². The summed E-state index contributed by atoms with van der Waals surface area (Å²) in [6.07, 6.45) is -2.19. The number of nitrogens with one attached hydrogen (secondary N) is 1. The van der Waals surface area contributed by atoms with Gasteiger partial charge in [-0.25, -0.2) is 0 Å². The van der Waals surface area contributed by atoms with Crippen LogP contribution in [0, 0.1) is 0 Å². The Morgan fingerprint density at radius 1 is 1.28 bits per heavy atom. The predicted molar refractivity (Wildman–Crippen MR) is 102 cm³/mol. The van der Waals surface area contributed by atoms with Gasteiger partial charge in [-0.1, -0.05) is 0 Å². The Morgan fingerprint density at radius 2 is 2.03 bits per heavy atom. The molecule has 2 rings (SSSR count). The summed E-state index contributed by atoms with van der Waals surface area (Å²) in [5, 5.41) is 32.0. The summed E-state index contributed by atoms with van der Waals surface area (Å²) >= 11 is 0. The molecule has 0 aromatic carbocycles. The van der Waals surface area contributed by atoms with E-state index in [0.29, 0.717) is 32.2 Å². The number of hydrogen-bond acceptors (Lipinski definition) is 9. The second-order valence-electron chi connectivity index (χ2n) is 7.15. The molecule has 2 amide bonds. The molecule has 5 N–H and O–H groups in total. The average molecular weight is 438 g/mol. The molecule has 2 saturated heterocycles. The highest BCUT2D eigenvalue weighted by atomic mass is 31.1. The zero-order valence-electron chi connectivity index (χ0n) is 16.4. The topological polar surface area (TPSA) is 158 Å². The first-order valence-corrected chi connectivity index (χ1v) is 10.6. The van der Waals surface area contributed by atoms with E-state index >= 15 is 0 Å². The van der Waals surface area contributed by atoms with E-state index in [1.807, 2.05) is 0 Å². The average Bonchev–Trinajstić information content (AvgIpc) is 3.15. The summed E-state index contributed by atoms with van der Waals surface area (Å²) in [6, 6.07) is -0.978. The van der Waals surface area contributed by atoms with Crippen molar-refractivity contribution >= 4 is 20.8 Å². The number of unbranched alkanes of at least 4 members (excludes halogenated alkanes) is 1. The summed E-state index contributed by atoms with van der Waals surface area (Å²) in [7, 11) is -0.650. The SMILES string of the molecule is CC(=O)NC1C(OCCCCC(=O)N2CCCC2OPO)OC(CO)C(O)C1O. The van der Waals surface area contributed by atoms with Gasteiger partial charge in [-0.05, 0) is 25.7 Å². The van der Waals surface area contributed by atoms with E-state index in [2.05, 4.69) is 5.32 Å². The van der Waals surface area contributed by atoms with Gasteiger partial charge in [0.15, 0.2) is 15.3 Å². The van der Waals surface area contributed by atoms with Gasteiger partial charge < -0.3 is 44.4 Å². The molecule has 0 aromatic rings. The van der Waals surface area contributed by atoms with Crippen molar-refractivity contribution < 1.29 is 43.8 Å². The van der Waals surface area contributed by atoms with Gasteiger partial charge in [0.1, 0.15) is 30.6 Å². The summed E-state index contributed by atoms with van der Waals surface area (Å²) in [6.45, 7) is 1.58. The van der Waals surface area contributed by atoms with Crippen molar-refractivity contribution in [1.82, 2.24) is 10.2 Å². The third-order valence-corrected chi connectivity index (χ3v) is 5.40. The summed E-state index contributed by atoms with van der Waals surface area (Å²) in [5.74, 6) is -0.466. The number of rotatable bonds is 10. The fourth-order valence-corrected chi connectivity index (χ4v) is 3.91. The molecule has 0 aliphatic carbocycles. The molecule has 2 fully saturated rings. The van der Waals surface area contributed by atoms with E-state index in [1.54, 1.807) is 4.90 Å². The second-order valence-corrected chi connectivity index (χ2v) is 7.57. The third kappa shape index (κ3) is 6.80. The molecule has 0 spiro atoms. The molecule has 0 aromatic heterocycles. The summed E-state index contributed by atoms with van der Waals surface area (Å²) in [4.78, 5) is 34.2. The number of hydrogen-bond donors (Lipinski definition) is 5. The largest absolute Gasteiger partial charge is 0.394 e. The lowest BCUT2D eigenvalue weighted by Crippen LogP contribution is -2.64. The van der Waals surface area contributed by atoms with E-state index in [4.69, 9.17) is 18.9 Å². The van der Waals surface area contributed by atoms with Crippen molar-refractivity contribution in [3.63, 3.8) is 0 Å². The first-order chi connectivity index (χ1) is 13.9. The van der Waals surface area contributed by atoms with Crippen LogP contribution in [0.3, 0.4) is 0 Å². The minimum absolute atomic E-state index is 0.0466. The lowest BCUT2D eigenvalue weighted by Gasteiger charge is -2.42. The minimum atomic E-state index is -1.36. The molecule has 29 heavy (non-hydrogen) atoms. The standard InChI is InChI=1S/C17H31N2O9P/c1-10(21)18-14-16(24)15(23)11(9-20)27-17(14)26-8-3-2-5-12(22)19-7-4-6-13(19)28-29-25/h11,13-17,20,23-25,29H,2-9H2,1H3,(H,18,21). The third-order valence-electron chi connectivity index (χ3n) is 5.02. The van der Waals surface area contributed by atoms with E-state index in [0.717, 1.165) is 6.42 Å². The molecule has 2 heterocycles.